The molecule has 0 aliphatic carbocycles. The first-order valence-electron chi connectivity index (χ1n) is 27.3. The topological polar surface area (TPSA) is 6.48 Å². The van der Waals surface area contributed by atoms with Crippen LogP contribution < -0.4 is 9.80 Å². The number of hydrogen-bond donors (Lipinski definition) is 0. The first kappa shape index (κ1) is 46.3. The van der Waals surface area contributed by atoms with Crippen LogP contribution in [0.4, 0.5) is 34.1 Å². The van der Waals surface area contributed by atoms with Gasteiger partial charge in [0.1, 0.15) is 0 Å². The lowest BCUT2D eigenvalue weighted by molar-refractivity contribution is 1.30. The Bertz CT molecular complexity index is 5080. The van der Waals surface area contributed by atoms with E-state index in [4.69, 9.17) is 0 Å². The van der Waals surface area contributed by atoms with Crippen LogP contribution in [0.1, 0.15) is 0 Å². The Hall–Kier alpha value is -9.84. The second-order valence-corrected chi connectivity index (χ2v) is 22.8. The average molecular weight is 1050 g/mol. The van der Waals surface area contributed by atoms with E-state index in [0.29, 0.717) is 0 Å². The van der Waals surface area contributed by atoms with Crippen molar-refractivity contribution in [2.24, 2.45) is 0 Å². The third kappa shape index (κ3) is 7.60. The predicted molar refractivity (Wildman–Crippen MR) is 348 cm³/mol. The summed E-state index contributed by atoms with van der Waals surface area (Å²) in [4.78, 5) is 4.94. The molecule has 2 aromatic heterocycles. The highest BCUT2D eigenvalue weighted by Gasteiger charge is 2.24. The molecule has 0 aliphatic heterocycles. The summed E-state index contributed by atoms with van der Waals surface area (Å²) >= 11 is 3.80. The van der Waals surface area contributed by atoms with Crippen molar-refractivity contribution in [3.63, 3.8) is 0 Å². The van der Waals surface area contributed by atoms with Crippen molar-refractivity contribution in [2.75, 3.05) is 9.80 Å². The Morgan fingerprint density at radius 2 is 0.662 bits per heavy atom. The number of nitrogens with zero attached hydrogens (tertiary/aromatic N) is 2. The van der Waals surface area contributed by atoms with Crippen LogP contribution in [0, 0.1) is 0 Å². The highest BCUT2D eigenvalue weighted by molar-refractivity contribution is 7.27. The predicted octanol–water partition coefficient (Wildman–Crippen LogP) is 23.0. The minimum atomic E-state index is 1.10. The number of fused-ring (bicyclic) bond motifs is 14. The van der Waals surface area contributed by atoms with Crippen LogP contribution in [0.2, 0.25) is 0 Å². The summed E-state index contributed by atoms with van der Waals surface area (Å²) in [6.07, 6.45) is 0. The molecule has 0 fully saturated rings. The molecule has 2 nitrogen and oxygen atoms in total. The summed E-state index contributed by atoms with van der Waals surface area (Å²) in [5.74, 6) is 0. The standard InChI is InChI=1S/C76H48N2S2/c1-4-20-49(21-5-1)52-25-18-29-57(45-52)77(56-27-8-3-9-28-56)69-47-71-73(64-35-14-12-33-62(64)69)67-43-40-55-44-54(39-41-61(55)76(67)80-71)53-26-19-30-58(46-53)78(68-37-17-16-31-59(68)50-22-6-2-7-23-50)70-48-72-74(65-36-15-13-34-63(65)70)66-42-38-51-24-10-11-32-60(51)75(66)79-72/h1-48H. The highest BCUT2D eigenvalue weighted by atomic mass is 32.1. The Morgan fingerprint density at radius 3 is 1.31 bits per heavy atom. The Labute approximate surface area is 471 Å². The molecule has 0 spiro atoms. The zero-order chi connectivity index (χ0) is 52.7. The fourth-order valence-corrected chi connectivity index (χ4v) is 15.1. The van der Waals surface area contributed by atoms with Crippen molar-refractivity contribution in [1.29, 1.82) is 0 Å². The third-order valence-electron chi connectivity index (χ3n) is 16.2. The summed E-state index contributed by atoms with van der Waals surface area (Å²) in [6.45, 7) is 0. The number of thiophene rings is 2. The van der Waals surface area contributed by atoms with E-state index in [-0.39, 0.29) is 0 Å². The van der Waals surface area contributed by atoms with E-state index in [2.05, 4.69) is 301 Å². The second kappa shape index (κ2) is 19.0. The van der Waals surface area contributed by atoms with Gasteiger partial charge in [0.2, 0.25) is 0 Å². The summed E-state index contributed by atoms with van der Waals surface area (Å²) in [5, 5.41) is 15.2. The van der Waals surface area contributed by atoms with E-state index in [9.17, 15) is 0 Å². The first-order chi connectivity index (χ1) is 39.7. The zero-order valence-electron chi connectivity index (χ0n) is 43.4. The molecule has 0 radical (unpaired) electrons. The van der Waals surface area contributed by atoms with Gasteiger partial charge >= 0.3 is 0 Å². The van der Waals surface area contributed by atoms with Crippen LogP contribution in [0.5, 0.6) is 0 Å². The molecule has 0 saturated carbocycles. The van der Waals surface area contributed by atoms with Crippen LogP contribution in [-0.2, 0) is 0 Å². The maximum atomic E-state index is 2.51. The van der Waals surface area contributed by atoms with Crippen molar-refractivity contribution in [1.82, 2.24) is 0 Å². The largest absolute Gasteiger partial charge is 0.310 e. The molecule has 16 aromatic rings. The Kier molecular flexibility index (Phi) is 11.0. The van der Waals surface area contributed by atoms with Gasteiger partial charge in [-0.05, 0) is 121 Å². The summed E-state index contributed by atoms with van der Waals surface area (Å²) < 4.78 is 5.18. The number of benzene rings is 14. The SMILES string of the molecule is c1ccc(-c2cccc(N(c3ccccc3)c3cc4sc5c6ccc(-c7cccc(N(c8ccccc8-c8ccccc8)c8cc9sc%10c%11ccccc%11ccc%10c9c9ccccc89)c7)cc6ccc5c4c4ccccc34)c2)cc1. The van der Waals surface area contributed by atoms with E-state index in [1.807, 2.05) is 22.7 Å². The van der Waals surface area contributed by atoms with E-state index < -0.39 is 0 Å². The van der Waals surface area contributed by atoms with Crippen LogP contribution in [-0.4, -0.2) is 0 Å². The van der Waals surface area contributed by atoms with Crippen molar-refractivity contribution >= 4 is 140 Å². The fourth-order valence-electron chi connectivity index (χ4n) is 12.5. The van der Waals surface area contributed by atoms with Gasteiger partial charge in [-0.2, -0.15) is 0 Å². The molecule has 16 rings (SSSR count). The molecule has 80 heavy (non-hydrogen) atoms. The van der Waals surface area contributed by atoms with Gasteiger partial charge in [0.05, 0.1) is 17.1 Å². The molecule has 0 aliphatic rings. The minimum absolute atomic E-state index is 1.10. The summed E-state index contributed by atoms with van der Waals surface area (Å²) in [5.41, 5.74) is 13.9. The maximum Gasteiger partial charge on any atom is 0.0554 e. The van der Waals surface area contributed by atoms with Gasteiger partial charge < -0.3 is 9.80 Å². The summed E-state index contributed by atoms with van der Waals surface area (Å²) in [6, 6.07) is 107. The van der Waals surface area contributed by atoms with Gasteiger partial charge in [0, 0.05) is 73.7 Å². The molecule has 0 bridgehead atoms. The summed E-state index contributed by atoms with van der Waals surface area (Å²) in [7, 11) is 0. The van der Waals surface area contributed by atoms with Crippen molar-refractivity contribution in [3.8, 4) is 33.4 Å². The molecule has 14 aromatic carbocycles. The molecule has 2 heterocycles. The van der Waals surface area contributed by atoms with Gasteiger partial charge in [0.15, 0.2) is 0 Å². The van der Waals surface area contributed by atoms with Gasteiger partial charge in [-0.1, -0.05) is 231 Å². The quantitative estimate of drug-likeness (QED) is 0.142. The molecule has 0 saturated heterocycles. The lowest BCUT2D eigenvalue weighted by Gasteiger charge is -2.29. The van der Waals surface area contributed by atoms with Crippen molar-refractivity contribution < 1.29 is 0 Å². The molecule has 374 valence electrons. The smallest absolute Gasteiger partial charge is 0.0554 e. The second-order valence-electron chi connectivity index (χ2n) is 20.7. The molecule has 0 N–H and O–H groups in total. The van der Waals surface area contributed by atoms with E-state index >= 15 is 0 Å². The van der Waals surface area contributed by atoms with Crippen LogP contribution in [0.25, 0.3) is 117 Å². The minimum Gasteiger partial charge on any atom is -0.310 e. The van der Waals surface area contributed by atoms with Gasteiger partial charge in [-0.25, -0.2) is 0 Å². The first-order valence-corrected chi connectivity index (χ1v) is 28.9. The lowest BCUT2D eigenvalue weighted by Crippen LogP contribution is -2.12. The number of para-hydroxylation sites is 2. The van der Waals surface area contributed by atoms with Gasteiger partial charge in [0.25, 0.3) is 0 Å². The monoisotopic (exact) mass is 1050 g/mol. The molecule has 0 amide bonds. The normalized spacial score (nSPS) is 11.8. The van der Waals surface area contributed by atoms with Crippen molar-refractivity contribution in [3.05, 3.63) is 291 Å². The molecule has 0 atom stereocenters. The number of anilines is 6. The molecule has 4 heteroatoms. The average Bonchev–Trinajstić information content (AvgIpc) is 4.28. The van der Waals surface area contributed by atoms with E-state index in [0.717, 1.165) is 39.7 Å². The number of hydrogen-bond acceptors (Lipinski definition) is 4. The van der Waals surface area contributed by atoms with Gasteiger partial charge in [-0.3, -0.25) is 0 Å². The zero-order valence-corrected chi connectivity index (χ0v) is 45.1. The van der Waals surface area contributed by atoms with E-state index in [1.54, 1.807) is 0 Å². The fraction of sp³-hybridized carbons (Fsp3) is 0. The maximum absolute atomic E-state index is 2.51. The number of rotatable bonds is 9. The van der Waals surface area contributed by atoms with Crippen LogP contribution in [0.15, 0.2) is 291 Å². The Balaban J connectivity index is 0.850. The third-order valence-corrected chi connectivity index (χ3v) is 18.5. The highest BCUT2D eigenvalue weighted by Crippen LogP contribution is 2.51. The van der Waals surface area contributed by atoms with E-state index in [1.165, 1.54) is 111 Å². The van der Waals surface area contributed by atoms with Gasteiger partial charge in [-0.15, -0.1) is 22.7 Å². The molecular formula is C76H48N2S2. The van der Waals surface area contributed by atoms with Crippen LogP contribution >= 0.6 is 22.7 Å². The van der Waals surface area contributed by atoms with Crippen molar-refractivity contribution in [2.45, 2.75) is 0 Å². The lowest BCUT2D eigenvalue weighted by atomic mass is 9.96. The molecular weight excluding hydrogens is 1000 g/mol. The van der Waals surface area contributed by atoms with Crippen LogP contribution in [0.3, 0.4) is 0 Å². The molecule has 0 unspecified atom stereocenters. The Morgan fingerprint density at radius 1 is 0.225 bits per heavy atom.